The Balaban J connectivity index is 1.72. The van der Waals surface area contributed by atoms with Crippen molar-refractivity contribution in [1.29, 1.82) is 0 Å². The number of nitrogens with zero attached hydrogens (tertiary/aromatic N) is 1. The van der Waals surface area contributed by atoms with Gasteiger partial charge in [0.15, 0.2) is 0 Å². The minimum atomic E-state index is 0.487. The molecule has 0 bridgehead atoms. The first-order chi connectivity index (χ1) is 7.38. The molecule has 1 unspecified atom stereocenters. The number of ether oxygens (including phenoxy) is 1. The molecule has 0 aromatic heterocycles. The first-order valence-corrected chi connectivity index (χ1v) is 6.43. The summed E-state index contributed by atoms with van der Waals surface area (Å²) in [5.74, 6) is 0.918. The Hall–Kier alpha value is -0.120. The molecule has 2 aliphatic heterocycles. The van der Waals surface area contributed by atoms with Gasteiger partial charge in [-0.05, 0) is 38.3 Å². The summed E-state index contributed by atoms with van der Waals surface area (Å²) in [4.78, 5) is 2.60. The fourth-order valence-corrected chi connectivity index (χ4v) is 2.62. The average molecular weight is 212 g/mol. The van der Waals surface area contributed by atoms with Crippen LogP contribution in [0.1, 0.15) is 26.2 Å². The van der Waals surface area contributed by atoms with Gasteiger partial charge in [-0.3, -0.25) is 4.90 Å². The van der Waals surface area contributed by atoms with E-state index in [4.69, 9.17) is 4.74 Å². The van der Waals surface area contributed by atoms with Crippen molar-refractivity contribution in [1.82, 2.24) is 10.2 Å². The number of nitrogens with one attached hydrogen (secondary N) is 1. The molecule has 2 rings (SSSR count). The molecule has 0 aromatic rings. The normalized spacial score (nSPS) is 30.6. The lowest BCUT2D eigenvalue weighted by atomic mass is 9.97. The minimum Gasteiger partial charge on any atom is -0.376 e. The van der Waals surface area contributed by atoms with Crippen LogP contribution in [0, 0.1) is 5.92 Å². The van der Waals surface area contributed by atoms with E-state index in [0.717, 1.165) is 32.0 Å². The van der Waals surface area contributed by atoms with E-state index in [1.165, 1.54) is 32.5 Å². The number of rotatable bonds is 3. The zero-order chi connectivity index (χ0) is 10.5. The molecule has 2 fully saturated rings. The van der Waals surface area contributed by atoms with Crippen LogP contribution >= 0.6 is 0 Å². The molecule has 0 spiro atoms. The van der Waals surface area contributed by atoms with E-state index in [1.807, 2.05) is 0 Å². The lowest BCUT2D eigenvalue weighted by molar-refractivity contribution is -0.0351. The number of hydrogen-bond donors (Lipinski definition) is 1. The lowest BCUT2D eigenvalue weighted by Crippen LogP contribution is -2.45. The molecule has 3 heteroatoms. The predicted octanol–water partition coefficient (Wildman–Crippen LogP) is 1.10. The van der Waals surface area contributed by atoms with Crippen molar-refractivity contribution >= 4 is 0 Å². The topological polar surface area (TPSA) is 24.5 Å². The lowest BCUT2D eigenvalue weighted by Gasteiger charge is -2.35. The van der Waals surface area contributed by atoms with Crippen LogP contribution < -0.4 is 5.32 Å². The van der Waals surface area contributed by atoms with Gasteiger partial charge in [0.25, 0.3) is 0 Å². The van der Waals surface area contributed by atoms with E-state index in [9.17, 15) is 0 Å². The first-order valence-electron chi connectivity index (χ1n) is 6.43. The number of morpholine rings is 1. The monoisotopic (exact) mass is 212 g/mol. The van der Waals surface area contributed by atoms with Gasteiger partial charge in [-0.15, -0.1) is 0 Å². The molecule has 0 radical (unpaired) electrons. The third-order valence-corrected chi connectivity index (χ3v) is 3.65. The van der Waals surface area contributed by atoms with Gasteiger partial charge in [-0.1, -0.05) is 6.92 Å². The highest BCUT2D eigenvalue weighted by atomic mass is 16.5. The van der Waals surface area contributed by atoms with E-state index in [-0.39, 0.29) is 0 Å². The maximum absolute atomic E-state index is 5.69. The summed E-state index contributed by atoms with van der Waals surface area (Å²) in [6.45, 7) is 9.17. The molecule has 1 atom stereocenters. The molecule has 1 N–H and O–H groups in total. The minimum absolute atomic E-state index is 0.487. The van der Waals surface area contributed by atoms with Crippen LogP contribution in [0.5, 0.6) is 0 Å². The van der Waals surface area contributed by atoms with Gasteiger partial charge in [0.05, 0.1) is 12.7 Å². The molecular formula is C12H24N2O. The molecule has 0 amide bonds. The largest absolute Gasteiger partial charge is 0.376 e. The molecule has 0 aromatic carbocycles. The Bertz CT molecular complexity index is 180. The van der Waals surface area contributed by atoms with Crippen molar-refractivity contribution in [2.45, 2.75) is 32.3 Å². The van der Waals surface area contributed by atoms with E-state index in [1.54, 1.807) is 0 Å². The second-order valence-electron chi connectivity index (χ2n) is 4.85. The van der Waals surface area contributed by atoms with E-state index < -0.39 is 0 Å². The summed E-state index contributed by atoms with van der Waals surface area (Å²) >= 11 is 0. The fraction of sp³-hybridized carbons (Fsp3) is 1.00. The first kappa shape index (κ1) is 11.4. The van der Waals surface area contributed by atoms with Gasteiger partial charge in [0.2, 0.25) is 0 Å². The zero-order valence-corrected chi connectivity index (χ0v) is 9.87. The van der Waals surface area contributed by atoms with Crippen molar-refractivity contribution in [3.8, 4) is 0 Å². The maximum atomic E-state index is 5.69. The Labute approximate surface area is 93.2 Å². The summed E-state index contributed by atoms with van der Waals surface area (Å²) in [5.41, 5.74) is 0. The molecule has 88 valence electrons. The molecule has 2 aliphatic rings. The van der Waals surface area contributed by atoms with Crippen LogP contribution in [0.15, 0.2) is 0 Å². The van der Waals surface area contributed by atoms with Crippen molar-refractivity contribution < 1.29 is 4.74 Å². The van der Waals surface area contributed by atoms with Gasteiger partial charge >= 0.3 is 0 Å². The summed E-state index contributed by atoms with van der Waals surface area (Å²) in [5, 5.41) is 3.43. The number of piperidine rings is 1. The fourth-order valence-electron chi connectivity index (χ4n) is 2.62. The zero-order valence-electron chi connectivity index (χ0n) is 9.87. The summed E-state index contributed by atoms with van der Waals surface area (Å²) in [6, 6.07) is 0. The molecular weight excluding hydrogens is 188 g/mol. The van der Waals surface area contributed by atoms with E-state index in [2.05, 4.69) is 17.1 Å². The smallest absolute Gasteiger partial charge is 0.0700 e. The Kier molecular flexibility index (Phi) is 4.42. The van der Waals surface area contributed by atoms with E-state index in [0.29, 0.717) is 6.10 Å². The van der Waals surface area contributed by atoms with Gasteiger partial charge in [-0.2, -0.15) is 0 Å². The van der Waals surface area contributed by atoms with Crippen molar-refractivity contribution in [3.05, 3.63) is 0 Å². The molecule has 0 saturated carbocycles. The Morgan fingerprint density at radius 2 is 2.13 bits per heavy atom. The Morgan fingerprint density at radius 3 is 2.87 bits per heavy atom. The summed E-state index contributed by atoms with van der Waals surface area (Å²) in [6.07, 6.45) is 4.35. The molecule has 0 aliphatic carbocycles. The maximum Gasteiger partial charge on any atom is 0.0700 e. The predicted molar refractivity (Wildman–Crippen MR) is 62.1 cm³/mol. The summed E-state index contributed by atoms with van der Waals surface area (Å²) < 4.78 is 5.69. The van der Waals surface area contributed by atoms with Crippen molar-refractivity contribution in [2.24, 2.45) is 5.92 Å². The quantitative estimate of drug-likeness (QED) is 0.758. The molecule has 3 nitrogen and oxygen atoms in total. The second kappa shape index (κ2) is 5.83. The highest BCUT2D eigenvalue weighted by Gasteiger charge is 2.22. The van der Waals surface area contributed by atoms with Gasteiger partial charge in [-0.25, -0.2) is 0 Å². The van der Waals surface area contributed by atoms with Crippen molar-refractivity contribution in [3.63, 3.8) is 0 Å². The highest BCUT2D eigenvalue weighted by Crippen LogP contribution is 2.16. The standard InChI is InChI=1S/C12H24N2O/c1-2-12-10-14(7-8-15-12)9-11-3-5-13-6-4-11/h11-13H,2-10H2,1H3. The third kappa shape index (κ3) is 3.44. The van der Waals surface area contributed by atoms with Crippen LogP contribution in [-0.2, 0) is 4.74 Å². The SMILES string of the molecule is CCC1CN(CC2CCNCC2)CCO1. The number of hydrogen-bond acceptors (Lipinski definition) is 3. The van der Waals surface area contributed by atoms with Gasteiger partial charge in [0, 0.05) is 19.6 Å². The Morgan fingerprint density at radius 1 is 1.33 bits per heavy atom. The second-order valence-corrected chi connectivity index (χ2v) is 4.85. The van der Waals surface area contributed by atoms with Crippen molar-refractivity contribution in [2.75, 3.05) is 39.3 Å². The van der Waals surface area contributed by atoms with Crippen LogP contribution in [-0.4, -0.2) is 50.3 Å². The third-order valence-electron chi connectivity index (χ3n) is 3.65. The van der Waals surface area contributed by atoms with Crippen LogP contribution in [0.4, 0.5) is 0 Å². The average Bonchev–Trinajstić information content (AvgIpc) is 2.31. The molecule has 15 heavy (non-hydrogen) atoms. The van der Waals surface area contributed by atoms with Crippen LogP contribution in [0.25, 0.3) is 0 Å². The molecule has 2 heterocycles. The van der Waals surface area contributed by atoms with Crippen LogP contribution in [0.2, 0.25) is 0 Å². The van der Waals surface area contributed by atoms with Gasteiger partial charge in [0.1, 0.15) is 0 Å². The van der Waals surface area contributed by atoms with Gasteiger partial charge < -0.3 is 10.1 Å². The van der Waals surface area contributed by atoms with E-state index >= 15 is 0 Å². The summed E-state index contributed by atoms with van der Waals surface area (Å²) in [7, 11) is 0. The van der Waals surface area contributed by atoms with Crippen LogP contribution in [0.3, 0.4) is 0 Å². The highest BCUT2D eigenvalue weighted by molar-refractivity contribution is 4.76. The molecule has 2 saturated heterocycles.